The first-order valence-corrected chi connectivity index (χ1v) is 7.16. The summed E-state index contributed by atoms with van der Waals surface area (Å²) >= 11 is 7.25. The molecule has 2 aromatic rings. The molecule has 2 rings (SSSR count). The predicted octanol–water partition coefficient (Wildman–Crippen LogP) is 4.83. The van der Waals surface area contributed by atoms with E-state index in [1.165, 1.54) is 16.7 Å². The van der Waals surface area contributed by atoms with Crippen molar-refractivity contribution in [2.45, 2.75) is 18.2 Å². The fourth-order valence-corrected chi connectivity index (χ4v) is 3.19. The number of pyridine rings is 1. The van der Waals surface area contributed by atoms with Gasteiger partial charge in [-0.25, -0.2) is 0 Å². The summed E-state index contributed by atoms with van der Waals surface area (Å²) in [6, 6.07) is 10.5. The van der Waals surface area contributed by atoms with Gasteiger partial charge < -0.3 is 0 Å². The van der Waals surface area contributed by atoms with Crippen LogP contribution in [0.15, 0.2) is 47.2 Å². The summed E-state index contributed by atoms with van der Waals surface area (Å²) in [5.74, 6) is 0. The fraction of sp³-hybridized carbons (Fsp3) is 0.214. The van der Waals surface area contributed by atoms with Gasteiger partial charge in [0, 0.05) is 21.7 Å². The monoisotopic (exact) mass is 353 g/mol. The Morgan fingerprint density at radius 2 is 1.88 bits per heavy atom. The van der Waals surface area contributed by atoms with Gasteiger partial charge in [-0.2, -0.15) is 0 Å². The quantitative estimate of drug-likeness (QED) is 0.719. The highest BCUT2D eigenvalue weighted by molar-refractivity contribution is 9.10. The molecule has 0 amide bonds. The van der Waals surface area contributed by atoms with E-state index < -0.39 is 0 Å². The molecule has 0 fully saturated rings. The second-order valence-corrected chi connectivity index (χ2v) is 6.05. The van der Waals surface area contributed by atoms with Crippen molar-refractivity contribution in [2.24, 2.45) is 0 Å². The van der Waals surface area contributed by atoms with Crippen LogP contribution in [-0.2, 0) is 6.42 Å². The molecule has 1 atom stereocenters. The Kier molecular flexibility index (Phi) is 4.35. The van der Waals surface area contributed by atoms with Gasteiger partial charge in [0.05, 0.1) is 0 Å². The van der Waals surface area contributed by atoms with Crippen molar-refractivity contribution in [2.75, 3.05) is 0 Å². The molecular formula is C14H13Br2N. The molecule has 1 aromatic carbocycles. The smallest absolute Gasteiger partial charge is 0.0438 e. The Balaban J connectivity index is 2.17. The highest BCUT2D eigenvalue weighted by Crippen LogP contribution is 2.30. The van der Waals surface area contributed by atoms with Crippen molar-refractivity contribution < 1.29 is 0 Å². The first kappa shape index (κ1) is 12.8. The minimum Gasteiger partial charge on any atom is -0.265 e. The molecule has 1 heterocycles. The molecule has 0 radical (unpaired) electrons. The number of halogens is 2. The van der Waals surface area contributed by atoms with Crippen LogP contribution in [0.5, 0.6) is 0 Å². The van der Waals surface area contributed by atoms with Crippen molar-refractivity contribution >= 4 is 31.9 Å². The molecule has 0 aliphatic rings. The molecule has 1 nitrogen and oxygen atoms in total. The summed E-state index contributed by atoms with van der Waals surface area (Å²) in [5, 5.41) is 0. The van der Waals surface area contributed by atoms with Crippen LogP contribution < -0.4 is 0 Å². The van der Waals surface area contributed by atoms with E-state index in [-0.39, 0.29) is 0 Å². The zero-order chi connectivity index (χ0) is 12.3. The molecule has 0 N–H and O–H groups in total. The van der Waals surface area contributed by atoms with Gasteiger partial charge in [-0.3, -0.25) is 4.98 Å². The molecule has 0 bridgehead atoms. The Morgan fingerprint density at radius 3 is 2.53 bits per heavy atom. The Labute approximate surface area is 119 Å². The summed E-state index contributed by atoms with van der Waals surface area (Å²) in [6.07, 6.45) is 4.65. The molecule has 3 heteroatoms. The third-order valence-corrected chi connectivity index (χ3v) is 4.04. The van der Waals surface area contributed by atoms with Crippen LogP contribution >= 0.6 is 31.9 Å². The van der Waals surface area contributed by atoms with E-state index >= 15 is 0 Å². The summed E-state index contributed by atoms with van der Waals surface area (Å²) in [7, 11) is 0. The van der Waals surface area contributed by atoms with Crippen molar-refractivity contribution in [1.82, 2.24) is 4.98 Å². The number of rotatable bonds is 3. The number of aryl methyl sites for hydroxylation is 1. The normalized spacial score (nSPS) is 12.4. The first-order valence-electron chi connectivity index (χ1n) is 5.46. The minimum absolute atomic E-state index is 0.345. The van der Waals surface area contributed by atoms with Gasteiger partial charge in [-0.1, -0.05) is 37.9 Å². The molecular weight excluding hydrogens is 342 g/mol. The van der Waals surface area contributed by atoms with Crippen molar-refractivity contribution in [3.8, 4) is 0 Å². The zero-order valence-electron chi connectivity index (χ0n) is 9.53. The predicted molar refractivity (Wildman–Crippen MR) is 78.5 cm³/mol. The van der Waals surface area contributed by atoms with E-state index in [1.807, 2.05) is 12.4 Å². The SMILES string of the molecule is Cc1cc(Br)ccc1C(Br)Cc1ccncc1. The second-order valence-electron chi connectivity index (χ2n) is 4.03. The lowest BCUT2D eigenvalue weighted by Gasteiger charge is -2.13. The summed E-state index contributed by atoms with van der Waals surface area (Å²) in [5.41, 5.74) is 3.93. The molecule has 0 aliphatic carbocycles. The Hall–Kier alpha value is -0.670. The first-order chi connectivity index (χ1) is 8.16. The number of alkyl halides is 1. The van der Waals surface area contributed by atoms with Crippen LogP contribution in [0, 0.1) is 6.92 Å². The standard InChI is InChI=1S/C14H13Br2N/c1-10-8-12(15)2-3-13(10)14(16)9-11-4-6-17-7-5-11/h2-8,14H,9H2,1H3. The lowest BCUT2D eigenvalue weighted by Crippen LogP contribution is -1.98. The van der Waals surface area contributed by atoms with Crippen molar-refractivity contribution in [3.05, 3.63) is 63.9 Å². The molecule has 0 saturated carbocycles. The second kappa shape index (κ2) is 5.78. The van der Waals surface area contributed by atoms with Crippen LogP contribution in [-0.4, -0.2) is 4.98 Å². The molecule has 88 valence electrons. The van der Waals surface area contributed by atoms with Gasteiger partial charge in [0.1, 0.15) is 0 Å². The van der Waals surface area contributed by atoms with E-state index in [4.69, 9.17) is 0 Å². The minimum atomic E-state index is 0.345. The maximum Gasteiger partial charge on any atom is 0.0438 e. The average Bonchev–Trinajstić information content (AvgIpc) is 2.30. The highest BCUT2D eigenvalue weighted by atomic mass is 79.9. The topological polar surface area (TPSA) is 12.9 Å². The number of hydrogen-bond acceptors (Lipinski definition) is 1. The van der Waals surface area contributed by atoms with Crippen LogP contribution in [0.4, 0.5) is 0 Å². The number of nitrogens with zero attached hydrogens (tertiary/aromatic N) is 1. The maximum atomic E-state index is 4.03. The van der Waals surface area contributed by atoms with E-state index in [0.29, 0.717) is 4.83 Å². The van der Waals surface area contributed by atoms with Gasteiger partial charge in [0.15, 0.2) is 0 Å². The largest absolute Gasteiger partial charge is 0.265 e. The van der Waals surface area contributed by atoms with E-state index in [1.54, 1.807) is 0 Å². The molecule has 0 saturated heterocycles. The highest BCUT2D eigenvalue weighted by Gasteiger charge is 2.11. The summed E-state index contributed by atoms with van der Waals surface area (Å²) in [4.78, 5) is 4.38. The van der Waals surface area contributed by atoms with E-state index in [9.17, 15) is 0 Å². The summed E-state index contributed by atoms with van der Waals surface area (Å²) in [6.45, 7) is 2.14. The maximum absolute atomic E-state index is 4.03. The van der Waals surface area contributed by atoms with Crippen molar-refractivity contribution in [1.29, 1.82) is 0 Å². The molecule has 0 spiro atoms. The number of hydrogen-bond donors (Lipinski definition) is 0. The fourth-order valence-electron chi connectivity index (χ4n) is 1.83. The molecule has 1 unspecified atom stereocenters. The Morgan fingerprint density at radius 1 is 1.18 bits per heavy atom. The van der Waals surface area contributed by atoms with Crippen LogP contribution in [0.2, 0.25) is 0 Å². The van der Waals surface area contributed by atoms with Crippen LogP contribution in [0.3, 0.4) is 0 Å². The van der Waals surface area contributed by atoms with Gasteiger partial charge >= 0.3 is 0 Å². The van der Waals surface area contributed by atoms with Gasteiger partial charge in [0.25, 0.3) is 0 Å². The van der Waals surface area contributed by atoms with Crippen molar-refractivity contribution in [3.63, 3.8) is 0 Å². The number of aromatic nitrogens is 1. The molecule has 0 aliphatic heterocycles. The average molecular weight is 355 g/mol. The lowest BCUT2D eigenvalue weighted by atomic mass is 10.0. The van der Waals surface area contributed by atoms with Crippen LogP contribution in [0.1, 0.15) is 21.5 Å². The van der Waals surface area contributed by atoms with Crippen LogP contribution in [0.25, 0.3) is 0 Å². The lowest BCUT2D eigenvalue weighted by molar-refractivity contribution is 0.934. The van der Waals surface area contributed by atoms with E-state index in [0.717, 1.165) is 10.9 Å². The Bertz CT molecular complexity index is 497. The van der Waals surface area contributed by atoms with Gasteiger partial charge in [-0.15, -0.1) is 0 Å². The third kappa shape index (κ3) is 3.39. The summed E-state index contributed by atoms with van der Waals surface area (Å²) < 4.78 is 1.13. The van der Waals surface area contributed by atoms with Gasteiger partial charge in [0.2, 0.25) is 0 Å². The molecule has 1 aromatic heterocycles. The molecule has 17 heavy (non-hydrogen) atoms. The van der Waals surface area contributed by atoms with E-state index in [2.05, 4.69) is 74.1 Å². The number of benzene rings is 1. The zero-order valence-corrected chi connectivity index (χ0v) is 12.7. The third-order valence-electron chi connectivity index (χ3n) is 2.73. The van der Waals surface area contributed by atoms with Gasteiger partial charge in [-0.05, 0) is 54.3 Å².